The van der Waals surface area contributed by atoms with Crippen LogP contribution in [0.2, 0.25) is 5.02 Å². The number of benzene rings is 1. The molecule has 4 heterocycles. The van der Waals surface area contributed by atoms with Crippen LogP contribution in [-0.2, 0) is 17.5 Å². The Morgan fingerprint density at radius 1 is 1.37 bits per heavy atom. The molecule has 2 aromatic heterocycles. The minimum Gasteiger partial charge on any atom is -0.488 e. The lowest BCUT2D eigenvalue weighted by Crippen LogP contribution is -2.48. The molecular weight excluding hydrogens is 499 g/mol. The molecule has 2 aliphatic heterocycles. The van der Waals surface area contributed by atoms with E-state index in [0.717, 1.165) is 0 Å². The first kappa shape index (κ1) is 24.3. The molecule has 0 saturated carbocycles. The quantitative estimate of drug-likeness (QED) is 0.374. The molecule has 10 nitrogen and oxygen atoms in total. The van der Waals surface area contributed by atoms with Gasteiger partial charge in [-0.2, -0.15) is 0 Å². The van der Waals surface area contributed by atoms with Gasteiger partial charge in [-0.05, 0) is 33.3 Å². The number of anilines is 1. The van der Waals surface area contributed by atoms with Crippen LogP contribution in [0.4, 0.5) is 10.3 Å². The maximum absolute atomic E-state index is 15.3. The summed E-state index contributed by atoms with van der Waals surface area (Å²) in [6, 6.07) is 0.743. The Hall–Kier alpha value is -2.38. The number of thiol groups is 1. The van der Waals surface area contributed by atoms with Gasteiger partial charge >= 0.3 is 0 Å². The first-order chi connectivity index (χ1) is 16.6. The molecule has 1 fully saturated rings. The fourth-order valence-electron chi connectivity index (χ4n) is 4.61. The first-order valence-electron chi connectivity index (χ1n) is 11.2. The zero-order valence-electron chi connectivity index (χ0n) is 19.4. The number of aliphatic hydroxyl groups is 2. The molecule has 188 valence electrons. The predicted octanol–water partition coefficient (Wildman–Crippen LogP) is 2.17. The van der Waals surface area contributed by atoms with Crippen molar-refractivity contribution in [2.45, 2.75) is 51.0 Å². The lowest BCUT2D eigenvalue weighted by atomic mass is 10.0. The second kappa shape index (κ2) is 8.93. The molecule has 0 aliphatic carbocycles. The number of halogens is 2. The van der Waals surface area contributed by atoms with Crippen molar-refractivity contribution in [2.24, 2.45) is 0 Å². The van der Waals surface area contributed by atoms with Crippen molar-refractivity contribution < 1.29 is 23.5 Å². The number of aliphatic hydroxyl groups excluding tert-OH is 1. The van der Waals surface area contributed by atoms with Gasteiger partial charge in [0.2, 0.25) is 5.95 Å². The summed E-state index contributed by atoms with van der Waals surface area (Å²) < 4.78 is 35.9. The fraction of sp³-hybridized carbons (Fsp3) is 0.500. The summed E-state index contributed by atoms with van der Waals surface area (Å²) in [6.45, 7) is 6.19. The van der Waals surface area contributed by atoms with Crippen molar-refractivity contribution in [1.82, 2.24) is 23.8 Å². The van der Waals surface area contributed by atoms with Crippen LogP contribution in [0, 0.1) is 5.82 Å². The molecule has 2 aliphatic rings. The van der Waals surface area contributed by atoms with Gasteiger partial charge in [0.15, 0.2) is 11.6 Å². The summed E-state index contributed by atoms with van der Waals surface area (Å²) in [5.74, 6) is 0.333. The van der Waals surface area contributed by atoms with E-state index in [2.05, 4.69) is 20.3 Å². The number of piperidine rings is 1. The molecule has 1 aromatic carbocycles. The van der Waals surface area contributed by atoms with E-state index in [-0.39, 0.29) is 59.3 Å². The number of rotatable bonds is 5. The number of hydrogen-bond donors (Lipinski definition) is 4. The number of aromatic nitrogens is 4. The third-order valence-corrected chi connectivity index (χ3v) is 7.19. The highest BCUT2D eigenvalue weighted by Gasteiger charge is 2.35. The first-order valence-corrected chi connectivity index (χ1v) is 12.4. The lowest BCUT2D eigenvalue weighted by molar-refractivity contribution is 0.0616. The van der Waals surface area contributed by atoms with Crippen molar-refractivity contribution in [3.05, 3.63) is 28.9 Å². The van der Waals surface area contributed by atoms with Gasteiger partial charge in [-0.3, -0.25) is 0 Å². The highest BCUT2D eigenvalue weighted by Crippen LogP contribution is 2.45. The Morgan fingerprint density at radius 2 is 2.14 bits per heavy atom. The van der Waals surface area contributed by atoms with E-state index in [4.69, 9.17) is 16.3 Å². The van der Waals surface area contributed by atoms with Gasteiger partial charge < -0.3 is 24.8 Å². The molecule has 3 aromatic rings. The second-order valence-electron chi connectivity index (χ2n) is 9.45. The van der Waals surface area contributed by atoms with Gasteiger partial charge in [0.25, 0.3) is 0 Å². The molecule has 35 heavy (non-hydrogen) atoms. The monoisotopic (exact) mass is 524 g/mol. The number of hydrogen-bond acceptors (Lipinski definition) is 8. The Balaban J connectivity index is 1.59. The van der Waals surface area contributed by atoms with Crippen LogP contribution in [0.25, 0.3) is 22.3 Å². The number of ether oxygens (including phenoxy) is 1. The van der Waals surface area contributed by atoms with E-state index in [1.165, 1.54) is 12.3 Å². The molecule has 0 amide bonds. The normalized spacial score (nSPS) is 22.9. The molecular formula is C22H26ClFN6O4S. The predicted molar refractivity (Wildman–Crippen MR) is 130 cm³/mol. The third kappa shape index (κ3) is 4.27. The maximum Gasteiger partial charge on any atom is 0.223 e. The highest BCUT2D eigenvalue weighted by atomic mass is 35.5. The summed E-state index contributed by atoms with van der Waals surface area (Å²) in [4.78, 5) is 13.2. The smallest absolute Gasteiger partial charge is 0.223 e. The van der Waals surface area contributed by atoms with Crippen molar-refractivity contribution in [3.8, 4) is 17.0 Å². The van der Waals surface area contributed by atoms with Crippen LogP contribution < -0.4 is 10.1 Å². The van der Waals surface area contributed by atoms with E-state index in [1.54, 1.807) is 22.7 Å². The lowest BCUT2D eigenvalue weighted by Gasteiger charge is -2.33. The summed E-state index contributed by atoms with van der Waals surface area (Å²) in [5, 5.41) is 24.4. The fourth-order valence-corrected chi connectivity index (χ4v) is 5.24. The number of imidazole rings is 1. The summed E-state index contributed by atoms with van der Waals surface area (Å²) in [5.41, 5.74) is -0.165. The zero-order chi connectivity index (χ0) is 25.1. The third-order valence-electron chi connectivity index (χ3n) is 6.31. The van der Waals surface area contributed by atoms with Gasteiger partial charge in [-0.25, -0.2) is 27.9 Å². The summed E-state index contributed by atoms with van der Waals surface area (Å²) >= 11 is 6.32. The van der Waals surface area contributed by atoms with E-state index in [9.17, 15) is 14.4 Å². The minimum absolute atomic E-state index is 0.100. The Kier molecular flexibility index (Phi) is 6.20. The number of β-amino-alcohol motifs (C(OH)–C–C–N with tert-alkyl or cyclic N) is 1. The average molecular weight is 525 g/mol. The zero-order valence-corrected chi connectivity index (χ0v) is 21.0. The van der Waals surface area contributed by atoms with Crippen LogP contribution in [0.15, 0.2) is 12.3 Å². The van der Waals surface area contributed by atoms with E-state index >= 15 is 4.39 Å². The Bertz CT molecular complexity index is 1320. The largest absolute Gasteiger partial charge is 0.488 e. The Morgan fingerprint density at radius 3 is 2.83 bits per heavy atom. The molecule has 0 bridgehead atoms. The number of nitrogens with one attached hydrogen (secondary N) is 1. The molecule has 0 radical (unpaired) electrons. The van der Waals surface area contributed by atoms with Crippen molar-refractivity contribution in [1.29, 1.82) is 0 Å². The van der Waals surface area contributed by atoms with Gasteiger partial charge in [-0.15, -0.1) is 0 Å². The number of nitrogens with zero attached hydrogens (tertiary/aromatic N) is 5. The van der Waals surface area contributed by atoms with Gasteiger partial charge in [0.05, 0.1) is 47.0 Å². The standard InChI is InChI=1S/C22H26ClFN6O4S/c1-10-9-34-19-11(6-13(24)17-18(19)30(10)20(27-17)22(2,3)32)16-12(23)7-25-21(28-16)26-14-4-5-29(35-33)8-15(14)31/h6-7,10,14-15,31-32,35H,4-5,8-9H2,1-3H3,(H,25,26,28). The van der Waals surface area contributed by atoms with Gasteiger partial charge in [0.1, 0.15) is 29.1 Å². The topological polar surface area (TPSA) is 126 Å². The highest BCUT2D eigenvalue weighted by molar-refractivity contribution is 7.63. The average Bonchev–Trinajstić information content (AvgIpc) is 3.23. The molecule has 3 atom stereocenters. The molecule has 1 saturated heterocycles. The van der Waals surface area contributed by atoms with Crippen molar-refractivity contribution in [2.75, 3.05) is 25.0 Å². The molecule has 3 unspecified atom stereocenters. The maximum atomic E-state index is 15.3. The van der Waals surface area contributed by atoms with Gasteiger partial charge in [0, 0.05) is 18.7 Å². The summed E-state index contributed by atoms with van der Waals surface area (Å²) in [6.07, 6.45) is 1.16. The Labute approximate surface area is 209 Å². The molecule has 13 heteroatoms. The molecule has 5 rings (SSSR count). The molecule has 0 spiro atoms. The van der Waals surface area contributed by atoms with E-state index in [1.807, 2.05) is 6.92 Å². The second-order valence-corrected chi connectivity index (χ2v) is 10.6. The van der Waals surface area contributed by atoms with Crippen LogP contribution in [0.1, 0.15) is 39.1 Å². The SMILES string of the molecule is CC1COc2c(-c3nc(NC4CCN([SH]=O)CC4O)ncc3Cl)cc(F)c3nc(C(C)(C)O)n1c23. The summed E-state index contributed by atoms with van der Waals surface area (Å²) in [7, 11) is 0. The van der Waals surface area contributed by atoms with Crippen molar-refractivity contribution >= 4 is 40.4 Å². The van der Waals surface area contributed by atoms with Crippen LogP contribution in [0.5, 0.6) is 5.75 Å². The van der Waals surface area contributed by atoms with E-state index in [0.29, 0.717) is 35.6 Å². The molecule has 3 N–H and O–H groups in total. The van der Waals surface area contributed by atoms with Gasteiger partial charge in [-0.1, -0.05) is 11.6 Å². The van der Waals surface area contributed by atoms with E-state index < -0.39 is 17.5 Å². The minimum atomic E-state index is -1.29. The van der Waals surface area contributed by atoms with Crippen molar-refractivity contribution in [3.63, 3.8) is 0 Å². The van der Waals surface area contributed by atoms with Crippen LogP contribution >= 0.6 is 11.6 Å². The van der Waals surface area contributed by atoms with Crippen LogP contribution in [-0.4, -0.2) is 70.1 Å². The van der Waals surface area contributed by atoms with Crippen LogP contribution in [0.3, 0.4) is 0 Å².